The van der Waals surface area contributed by atoms with Crippen LogP contribution in [0, 0.1) is 0 Å². The van der Waals surface area contributed by atoms with Crippen molar-refractivity contribution in [2.45, 2.75) is 18.9 Å². The summed E-state index contributed by atoms with van der Waals surface area (Å²) in [5.41, 5.74) is 10.8. The van der Waals surface area contributed by atoms with E-state index < -0.39 is 0 Å². The van der Waals surface area contributed by atoms with Crippen molar-refractivity contribution in [3.63, 3.8) is 0 Å². The largest absolute Gasteiger partial charge is 0.380 e. The summed E-state index contributed by atoms with van der Waals surface area (Å²) in [5.74, 6) is 1.45. The van der Waals surface area contributed by atoms with Gasteiger partial charge in [-0.1, -0.05) is 35.5 Å². The van der Waals surface area contributed by atoms with Crippen LogP contribution < -0.4 is 11.1 Å². The first-order valence-corrected chi connectivity index (χ1v) is 8.82. The highest BCUT2D eigenvalue weighted by atomic mass is 16.5. The lowest BCUT2D eigenvalue weighted by atomic mass is 10.0. The lowest BCUT2D eigenvalue weighted by molar-refractivity contribution is 0.460. The Morgan fingerprint density at radius 2 is 1.85 bits per heavy atom. The van der Waals surface area contributed by atoms with Gasteiger partial charge in [-0.25, -0.2) is 4.98 Å². The van der Waals surface area contributed by atoms with Gasteiger partial charge in [-0.2, -0.15) is 0 Å². The van der Waals surface area contributed by atoms with Crippen molar-refractivity contribution in [2.24, 2.45) is 0 Å². The van der Waals surface area contributed by atoms with Gasteiger partial charge in [0.2, 0.25) is 0 Å². The fourth-order valence-electron chi connectivity index (χ4n) is 3.56. The van der Waals surface area contributed by atoms with Crippen LogP contribution in [0.4, 0.5) is 5.82 Å². The zero-order valence-electron chi connectivity index (χ0n) is 14.2. The first-order valence-electron chi connectivity index (χ1n) is 8.82. The molecule has 5 rings (SSSR count). The van der Waals surface area contributed by atoms with Crippen molar-refractivity contribution in [1.82, 2.24) is 20.4 Å². The lowest BCUT2D eigenvalue weighted by Gasteiger charge is -2.06. The molecule has 2 aromatic carbocycles. The zero-order valence-corrected chi connectivity index (χ0v) is 14.2. The minimum atomic E-state index is 0.351. The quantitative estimate of drug-likeness (QED) is 0.524. The highest BCUT2D eigenvalue weighted by Crippen LogP contribution is 2.29. The van der Waals surface area contributed by atoms with Gasteiger partial charge >= 0.3 is 0 Å². The third kappa shape index (κ3) is 2.55. The molecular formula is C20H19N5O. The Labute approximate surface area is 150 Å². The van der Waals surface area contributed by atoms with E-state index in [1.807, 2.05) is 24.4 Å². The number of H-pyrrole nitrogens is 1. The van der Waals surface area contributed by atoms with Crippen LogP contribution in [0.3, 0.4) is 0 Å². The van der Waals surface area contributed by atoms with E-state index in [1.54, 1.807) is 0 Å². The molecule has 1 aliphatic rings. The molecule has 4 aromatic rings. The van der Waals surface area contributed by atoms with E-state index >= 15 is 0 Å². The van der Waals surface area contributed by atoms with Crippen molar-refractivity contribution >= 4 is 16.8 Å². The molecule has 0 aliphatic carbocycles. The van der Waals surface area contributed by atoms with Crippen LogP contribution in [-0.2, 0) is 0 Å². The van der Waals surface area contributed by atoms with E-state index in [2.05, 4.69) is 44.7 Å². The normalized spacial score (nSPS) is 17.2. The molecule has 3 heterocycles. The maximum Gasteiger partial charge on any atom is 0.174 e. The summed E-state index contributed by atoms with van der Waals surface area (Å²) in [4.78, 5) is 7.99. The summed E-state index contributed by atoms with van der Waals surface area (Å²) in [6.07, 6.45) is 4.25. The van der Waals surface area contributed by atoms with Crippen LogP contribution in [0.2, 0.25) is 0 Å². The third-order valence-corrected chi connectivity index (χ3v) is 5.01. The zero-order chi connectivity index (χ0) is 17.5. The summed E-state index contributed by atoms with van der Waals surface area (Å²) in [5, 5.41) is 8.12. The number of anilines is 1. The molecule has 0 amide bonds. The maximum atomic E-state index is 5.78. The Kier molecular flexibility index (Phi) is 3.50. The SMILES string of the molecule is Nc1noc2cc(-c3ccc(-c4cnc(C5CCCN5)[nH]4)cc3)ccc12. The summed E-state index contributed by atoms with van der Waals surface area (Å²) in [6, 6.07) is 14.7. The number of imidazole rings is 1. The summed E-state index contributed by atoms with van der Waals surface area (Å²) in [7, 11) is 0. The van der Waals surface area contributed by atoms with Gasteiger partial charge in [-0.3, -0.25) is 0 Å². The Hall–Kier alpha value is -3.12. The topological polar surface area (TPSA) is 92.8 Å². The monoisotopic (exact) mass is 345 g/mol. The van der Waals surface area contributed by atoms with Gasteiger partial charge in [0.05, 0.1) is 23.3 Å². The number of nitrogens with one attached hydrogen (secondary N) is 2. The number of aromatic nitrogens is 3. The van der Waals surface area contributed by atoms with E-state index in [0.717, 1.165) is 46.6 Å². The van der Waals surface area contributed by atoms with Gasteiger partial charge in [0.25, 0.3) is 0 Å². The average molecular weight is 345 g/mol. The van der Waals surface area contributed by atoms with Gasteiger partial charge in [0.1, 0.15) is 5.82 Å². The fraction of sp³-hybridized carbons (Fsp3) is 0.200. The average Bonchev–Trinajstić information content (AvgIpc) is 3.43. The molecule has 1 fully saturated rings. The molecule has 1 aliphatic heterocycles. The predicted octanol–water partition coefficient (Wildman–Crippen LogP) is 3.89. The maximum absolute atomic E-state index is 5.78. The second kappa shape index (κ2) is 6.00. The van der Waals surface area contributed by atoms with E-state index in [-0.39, 0.29) is 0 Å². The van der Waals surface area contributed by atoms with Crippen LogP contribution >= 0.6 is 0 Å². The first-order chi connectivity index (χ1) is 12.8. The Morgan fingerprint density at radius 1 is 1.04 bits per heavy atom. The van der Waals surface area contributed by atoms with Crippen LogP contribution in [0.1, 0.15) is 24.7 Å². The molecule has 0 radical (unpaired) electrons. The number of nitrogens with two attached hydrogens (primary N) is 1. The summed E-state index contributed by atoms with van der Waals surface area (Å²) >= 11 is 0. The highest BCUT2D eigenvalue weighted by molar-refractivity contribution is 5.90. The number of hydrogen-bond acceptors (Lipinski definition) is 5. The van der Waals surface area contributed by atoms with Crippen LogP contribution in [-0.4, -0.2) is 21.7 Å². The van der Waals surface area contributed by atoms with Crippen molar-refractivity contribution in [1.29, 1.82) is 0 Å². The Morgan fingerprint density at radius 3 is 2.65 bits per heavy atom. The summed E-state index contributed by atoms with van der Waals surface area (Å²) < 4.78 is 5.26. The van der Waals surface area contributed by atoms with Gasteiger partial charge < -0.3 is 20.6 Å². The van der Waals surface area contributed by atoms with Crippen molar-refractivity contribution in [2.75, 3.05) is 12.3 Å². The van der Waals surface area contributed by atoms with Gasteiger partial charge in [0, 0.05) is 0 Å². The molecule has 0 bridgehead atoms. The molecule has 1 saturated heterocycles. The van der Waals surface area contributed by atoms with Crippen molar-refractivity contribution in [3.8, 4) is 22.4 Å². The lowest BCUT2D eigenvalue weighted by Crippen LogP contribution is -2.14. The molecule has 6 heteroatoms. The molecule has 6 nitrogen and oxygen atoms in total. The molecular weight excluding hydrogens is 326 g/mol. The predicted molar refractivity (Wildman–Crippen MR) is 101 cm³/mol. The Bertz CT molecular complexity index is 1060. The smallest absolute Gasteiger partial charge is 0.174 e. The minimum Gasteiger partial charge on any atom is -0.380 e. The number of fused-ring (bicyclic) bond motifs is 1. The van der Waals surface area contributed by atoms with Crippen molar-refractivity contribution in [3.05, 3.63) is 54.5 Å². The number of nitrogens with zero attached hydrogens (tertiary/aromatic N) is 2. The molecule has 0 spiro atoms. The second-order valence-corrected chi connectivity index (χ2v) is 6.69. The van der Waals surface area contributed by atoms with E-state index in [1.165, 1.54) is 6.42 Å². The van der Waals surface area contributed by atoms with E-state index in [9.17, 15) is 0 Å². The van der Waals surface area contributed by atoms with Crippen molar-refractivity contribution < 1.29 is 4.52 Å². The molecule has 130 valence electrons. The third-order valence-electron chi connectivity index (χ3n) is 5.01. The number of hydrogen-bond donors (Lipinski definition) is 3. The molecule has 1 unspecified atom stereocenters. The minimum absolute atomic E-state index is 0.351. The standard InChI is InChI=1S/C20H19N5O/c21-19-15-8-7-14(10-18(15)26-25-19)12-3-5-13(6-4-12)17-11-23-20(24-17)16-2-1-9-22-16/h3-8,10-11,16,22H,1-2,9H2,(H2,21,25)(H,23,24). The van der Waals surface area contributed by atoms with Crippen LogP contribution in [0.25, 0.3) is 33.4 Å². The van der Waals surface area contributed by atoms with Gasteiger partial charge in [0.15, 0.2) is 11.4 Å². The molecule has 4 N–H and O–H groups in total. The number of aromatic amines is 1. The van der Waals surface area contributed by atoms with Gasteiger partial charge in [-0.15, -0.1) is 0 Å². The summed E-state index contributed by atoms with van der Waals surface area (Å²) in [6.45, 7) is 1.07. The fourth-order valence-corrected chi connectivity index (χ4v) is 3.56. The molecule has 26 heavy (non-hydrogen) atoms. The Balaban J connectivity index is 1.42. The van der Waals surface area contributed by atoms with E-state index in [4.69, 9.17) is 10.3 Å². The number of rotatable bonds is 3. The molecule has 0 saturated carbocycles. The number of benzene rings is 2. The van der Waals surface area contributed by atoms with E-state index in [0.29, 0.717) is 17.4 Å². The second-order valence-electron chi connectivity index (χ2n) is 6.69. The molecule has 1 atom stereocenters. The van der Waals surface area contributed by atoms with Crippen LogP contribution in [0.15, 0.2) is 53.2 Å². The van der Waals surface area contributed by atoms with Crippen LogP contribution in [0.5, 0.6) is 0 Å². The molecule has 2 aromatic heterocycles. The van der Waals surface area contributed by atoms with Gasteiger partial charge in [-0.05, 0) is 48.2 Å². The number of nitrogen functional groups attached to an aromatic ring is 1. The highest BCUT2D eigenvalue weighted by Gasteiger charge is 2.19. The first kappa shape index (κ1) is 15.2.